The van der Waals surface area contributed by atoms with E-state index in [0.29, 0.717) is 0 Å². The minimum absolute atomic E-state index is 0.223. The highest BCUT2D eigenvalue weighted by atomic mass is 16.8. The van der Waals surface area contributed by atoms with Crippen LogP contribution in [-0.2, 0) is 9.47 Å². The fourth-order valence-corrected chi connectivity index (χ4v) is 2.98. The van der Waals surface area contributed by atoms with E-state index in [1.54, 1.807) is 0 Å². The molecule has 82 valence electrons. The SMILES string of the molecule is CCC1CC2(CC1C)OC(C)C(C)O2. The van der Waals surface area contributed by atoms with Crippen LogP contribution in [0.2, 0.25) is 0 Å². The zero-order valence-electron chi connectivity index (χ0n) is 9.75. The number of hydrogen-bond acceptors (Lipinski definition) is 2. The Morgan fingerprint density at radius 1 is 1.07 bits per heavy atom. The van der Waals surface area contributed by atoms with Gasteiger partial charge in [0.05, 0.1) is 12.2 Å². The van der Waals surface area contributed by atoms with Crippen LogP contribution >= 0.6 is 0 Å². The van der Waals surface area contributed by atoms with Crippen molar-refractivity contribution in [2.45, 2.75) is 65.0 Å². The summed E-state index contributed by atoms with van der Waals surface area (Å²) < 4.78 is 12.0. The van der Waals surface area contributed by atoms with Crippen LogP contribution in [0.3, 0.4) is 0 Å². The number of ether oxygens (including phenoxy) is 2. The van der Waals surface area contributed by atoms with E-state index in [9.17, 15) is 0 Å². The van der Waals surface area contributed by atoms with E-state index in [0.717, 1.165) is 24.7 Å². The van der Waals surface area contributed by atoms with Crippen LogP contribution in [0.1, 0.15) is 47.0 Å². The lowest BCUT2D eigenvalue weighted by Crippen LogP contribution is -2.27. The molecule has 1 saturated heterocycles. The van der Waals surface area contributed by atoms with Crippen LogP contribution in [-0.4, -0.2) is 18.0 Å². The predicted octanol–water partition coefficient (Wildman–Crippen LogP) is 2.96. The van der Waals surface area contributed by atoms with Crippen LogP contribution in [0.25, 0.3) is 0 Å². The zero-order chi connectivity index (χ0) is 10.3. The van der Waals surface area contributed by atoms with Crippen molar-refractivity contribution in [2.24, 2.45) is 11.8 Å². The van der Waals surface area contributed by atoms with Gasteiger partial charge in [0.25, 0.3) is 0 Å². The fraction of sp³-hybridized carbons (Fsp3) is 1.00. The third kappa shape index (κ3) is 1.59. The number of rotatable bonds is 1. The van der Waals surface area contributed by atoms with Crippen LogP contribution in [0.15, 0.2) is 0 Å². The second-order valence-corrected chi connectivity index (χ2v) is 5.11. The third-order valence-corrected chi connectivity index (χ3v) is 4.00. The van der Waals surface area contributed by atoms with E-state index in [1.807, 2.05) is 0 Å². The first-order chi connectivity index (χ1) is 6.56. The molecule has 0 N–H and O–H groups in total. The molecule has 0 amide bonds. The molecule has 2 heteroatoms. The van der Waals surface area contributed by atoms with Gasteiger partial charge in [-0.3, -0.25) is 0 Å². The van der Waals surface area contributed by atoms with Gasteiger partial charge in [-0.25, -0.2) is 0 Å². The maximum absolute atomic E-state index is 6.00. The normalized spacial score (nSPS) is 53.1. The van der Waals surface area contributed by atoms with E-state index in [-0.39, 0.29) is 18.0 Å². The second kappa shape index (κ2) is 3.49. The molecule has 14 heavy (non-hydrogen) atoms. The second-order valence-electron chi connectivity index (χ2n) is 5.11. The molecule has 1 heterocycles. The van der Waals surface area contributed by atoms with Gasteiger partial charge in [-0.1, -0.05) is 20.3 Å². The lowest BCUT2D eigenvalue weighted by atomic mass is 9.96. The first-order valence-corrected chi connectivity index (χ1v) is 5.92. The molecule has 1 saturated carbocycles. The summed E-state index contributed by atoms with van der Waals surface area (Å²) in [6.45, 7) is 8.82. The van der Waals surface area contributed by atoms with Gasteiger partial charge in [0.15, 0.2) is 5.79 Å². The summed E-state index contributed by atoms with van der Waals surface area (Å²) in [6.07, 6.45) is 3.95. The Balaban J connectivity index is 2.06. The first kappa shape index (κ1) is 10.4. The lowest BCUT2D eigenvalue weighted by molar-refractivity contribution is -0.170. The van der Waals surface area contributed by atoms with Crippen LogP contribution in [0, 0.1) is 11.8 Å². The van der Waals surface area contributed by atoms with Gasteiger partial charge in [0.2, 0.25) is 0 Å². The van der Waals surface area contributed by atoms with Crippen molar-refractivity contribution in [3.8, 4) is 0 Å². The van der Waals surface area contributed by atoms with Gasteiger partial charge >= 0.3 is 0 Å². The molecule has 0 radical (unpaired) electrons. The van der Waals surface area contributed by atoms with Crippen molar-refractivity contribution in [2.75, 3.05) is 0 Å². The Morgan fingerprint density at radius 3 is 2.07 bits per heavy atom. The summed E-state index contributed by atoms with van der Waals surface area (Å²) in [5.41, 5.74) is 0. The largest absolute Gasteiger partial charge is 0.344 e. The standard InChI is InChI=1S/C12H22O2/c1-5-11-7-12(6-8(11)2)13-9(3)10(4)14-12/h8-11H,5-7H2,1-4H3. The summed E-state index contributed by atoms with van der Waals surface area (Å²) >= 11 is 0. The van der Waals surface area contributed by atoms with E-state index in [2.05, 4.69) is 27.7 Å². The molecule has 2 fully saturated rings. The van der Waals surface area contributed by atoms with Gasteiger partial charge in [-0.15, -0.1) is 0 Å². The molecule has 0 bridgehead atoms. The van der Waals surface area contributed by atoms with Crippen molar-refractivity contribution in [1.82, 2.24) is 0 Å². The number of hydrogen-bond donors (Lipinski definition) is 0. The molecule has 0 aromatic heterocycles. The molecule has 0 aromatic rings. The minimum atomic E-state index is -0.223. The smallest absolute Gasteiger partial charge is 0.169 e. The van der Waals surface area contributed by atoms with Gasteiger partial charge < -0.3 is 9.47 Å². The highest BCUT2D eigenvalue weighted by molar-refractivity contribution is 4.92. The van der Waals surface area contributed by atoms with E-state index < -0.39 is 0 Å². The molecular weight excluding hydrogens is 176 g/mol. The van der Waals surface area contributed by atoms with E-state index in [4.69, 9.17) is 9.47 Å². The minimum Gasteiger partial charge on any atom is -0.344 e. The molecule has 0 aromatic carbocycles. The summed E-state index contributed by atoms with van der Waals surface area (Å²) in [5.74, 6) is 1.31. The Bertz CT molecular complexity index is 204. The lowest BCUT2D eigenvalue weighted by Gasteiger charge is -2.22. The Labute approximate surface area is 87.0 Å². The maximum atomic E-state index is 6.00. The average molecular weight is 198 g/mol. The molecule has 4 unspecified atom stereocenters. The monoisotopic (exact) mass is 198 g/mol. The summed E-state index contributed by atoms with van der Waals surface area (Å²) in [7, 11) is 0. The van der Waals surface area contributed by atoms with Gasteiger partial charge in [-0.2, -0.15) is 0 Å². The van der Waals surface area contributed by atoms with Gasteiger partial charge in [-0.05, 0) is 25.7 Å². The van der Waals surface area contributed by atoms with Gasteiger partial charge in [0, 0.05) is 12.8 Å². The highest BCUT2D eigenvalue weighted by Gasteiger charge is 2.51. The fourth-order valence-electron chi connectivity index (χ4n) is 2.98. The first-order valence-electron chi connectivity index (χ1n) is 5.92. The van der Waals surface area contributed by atoms with Crippen molar-refractivity contribution in [3.63, 3.8) is 0 Å². The average Bonchev–Trinajstić information content (AvgIpc) is 2.55. The molecule has 1 aliphatic heterocycles. The van der Waals surface area contributed by atoms with Crippen molar-refractivity contribution in [3.05, 3.63) is 0 Å². The molecule has 2 rings (SSSR count). The molecule has 1 spiro atoms. The molecule has 2 nitrogen and oxygen atoms in total. The van der Waals surface area contributed by atoms with Crippen LogP contribution in [0.4, 0.5) is 0 Å². The van der Waals surface area contributed by atoms with Crippen LogP contribution < -0.4 is 0 Å². The van der Waals surface area contributed by atoms with E-state index in [1.165, 1.54) is 6.42 Å². The third-order valence-electron chi connectivity index (χ3n) is 4.00. The highest BCUT2D eigenvalue weighted by Crippen LogP contribution is 2.48. The van der Waals surface area contributed by atoms with Crippen molar-refractivity contribution in [1.29, 1.82) is 0 Å². The zero-order valence-corrected chi connectivity index (χ0v) is 9.75. The van der Waals surface area contributed by atoms with E-state index >= 15 is 0 Å². The summed E-state index contributed by atoms with van der Waals surface area (Å²) in [5, 5.41) is 0. The van der Waals surface area contributed by atoms with Crippen molar-refractivity contribution >= 4 is 0 Å². The maximum Gasteiger partial charge on any atom is 0.169 e. The topological polar surface area (TPSA) is 18.5 Å². The van der Waals surface area contributed by atoms with Crippen LogP contribution in [0.5, 0.6) is 0 Å². The van der Waals surface area contributed by atoms with Gasteiger partial charge in [0.1, 0.15) is 0 Å². The summed E-state index contributed by atoms with van der Waals surface area (Å²) in [6, 6.07) is 0. The molecule has 4 atom stereocenters. The molecule has 2 aliphatic rings. The van der Waals surface area contributed by atoms with Crippen molar-refractivity contribution < 1.29 is 9.47 Å². The Morgan fingerprint density at radius 2 is 1.64 bits per heavy atom. The molecular formula is C12H22O2. The Kier molecular flexibility index (Phi) is 2.61. The predicted molar refractivity (Wildman–Crippen MR) is 56.0 cm³/mol. The Hall–Kier alpha value is -0.0800. The summed E-state index contributed by atoms with van der Waals surface area (Å²) in [4.78, 5) is 0. The molecule has 1 aliphatic carbocycles. The quantitative estimate of drug-likeness (QED) is 0.645.